The van der Waals surface area contributed by atoms with Gasteiger partial charge in [-0.25, -0.2) is 9.78 Å². The molecule has 1 saturated heterocycles. The first-order chi connectivity index (χ1) is 9.12. The Kier molecular flexibility index (Phi) is 4.08. The largest absolute Gasteiger partial charge is 0.476 e. The number of hydrogen-bond acceptors (Lipinski definition) is 3. The van der Waals surface area contributed by atoms with E-state index in [-0.39, 0.29) is 5.69 Å². The lowest BCUT2D eigenvalue weighted by Crippen LogP contribution is -2.40. The molecular weight excluding hydrogens is 240 g/mol. The number of aromatic nitrogens is 1. The van der Waals surface area contributed by atoms with Crippen LogP contribution in [0.25, 0.3) is 0 Å². The van der Waals surface area contributed by atoms with Gasteiger partial charge in [0.05, 0.1) is 5.69 Å². The van der Waals surface area contributed by atoms with Crippen LogP contribution in [0.1, 0.15) is 50.0 Å². The van der Waals surface area contributed by atoms with Crippen LogP contribution in [0.3, 0.4) is 0 Å². The Morgan fingerprint density at radius 2 is 2.00 bits per heavy atom. The Morgan fingerprint density at radius 1 is 1.37 bits per heavy atom. The summed E-state index contributed by atoms with van der Waals surface area (Å²) in [6.07, 6.45) is 6.22. The smallest absolute Gasteiger partial charge is 0.356 e. The minimum absolute atomic E-state index is 0.169. The van der Waals surface area contributed by atoms with Gasteiger partial charge in [0, 0.05) is 19.3 Å². The predicted molar refractivity (Wildman–Crippen MR) is 75.7 cm³/mol. The van der Waals surface area contributed by atoms with Crippen LogP contribution in [0.4, 0.5) is 5.69 Å². The highest BCUT2D eigenvalue weighted by molar-refractivity contribution is 5.92. The minimum Gasteiger partial charge on any atom is -0.476 e. The summed E-state index contributed by atoms with van der Waals surface area (Å²) in [7, 11) is 0. The Bertz CT molecular complexity index is 445. The van der Waals surface area contributed by atoms with Gasteiger partial charge < -0.3 is 10.0 Å². The fraction of sp³-hybridized carbons (Fsp3) is 0.600. The molecule has 0 aromatic carbocycles. The van der Waals surface area contributed by atoms with Gasteiger partial charge >= 0.3 is 5.97 Å². The van der Waals surface area contributed by atoms with Gasteiger partial charge in [-0.3, -0.25) is 0 Å². The highest BCUT2D eigenvalue weighted by Crippen LogP contribution is 2.39. The zero-order valence-corrected chi connectivity index (χ0v) is 11.7. The van der Waals surface area contributed by atoms with E-state index in [2.05, 4.69) is 23.7 Å². The first kappa shape index (κ1) is 13.8. The summed E-state index contributed by atoms with van der Waals surface area (Å²) >= 11 is 0. The molecule has 0 atom stereocenters. The van der Waals surface area contributed by atoms with Crippen LogP contribution in [-0.2, 0) is 0 Å². The SMILES string of the molecule is CCC1(CC)CCN(c2cccnc2C(=O)O)CC1. The molecule has 0 amide bonds. The molecule has 0 radical (unpaired) electrons. The van der Waals surface area contributed by atoms with E-state index in [9.17, 15) is 9.90 Å². The van der Waals surface area contributed by atoms with Crippen molar-refractivity contribution in [2.24, 2.45) is 5.41 Å². The molecule has 1 aliphatic heterocycles. The van der Waals surface area contributed by atoms with Crippen LogP contribution >= 0.6 is 0 Å². The summed E-state index contributed by atoms with van der Waals surface area (Å²) in [5.41, 5.74) is 1.38. The number of hydrogen-bond donors (Lipinski definition) is 1. The molecule has 0 saturated carbocycles. The highest BCUT2D eigenvalue weighted by Gasteiger charge is 2.32. The molecule has 1 aromatic heterocycles. The summed E-state index contributed by atoms with van der Waals surface area (Å²) in [6, 6.07) is 3.67. The molecule has 1 fully saturated rings. The number of rotatable bonds is 4. The lowest BCUT2D eigenvalue weighted by atomic mass is 9.74. The van der Waals surface area contributed by atoms with Crippen molar-refractivity contribution in [1.29, 1.82) is 0 Å². The van der Waals surface area contributed by atoms with Crippen LogP contribution < -0.4 is 4.90 Å². The summed E-state index contributed by atoms with van der Waals surface area (Å²) in [5, 5.41) is 9.20. The molecule has 19 heavy (non-hydrogen) atoms. The lowest BCUT2D eigenvalue weighted by molar-refractivity contribution is 0.0691. The van der Waals surface area contributed by atoms with Crippen LogP contribution in [0.15, 0.2) is 18.3 Å². The van der Waals surface area contributed by atoms with E-state index >= 15 is 0 Å². The van der Waals surface area contributed by atoms with Crippen molar-refractivity contribution in [2.75, 3.05) is 18.0 Å². The predicted octanol–water partition coefficient (Wildman–Crippen LogP) is 3.19. The number of pyridine rings is 1. The molecule has 4 nitrogen and oxygen atoms in total. The molecule has 0 aliphatic carbocycles. The summed E-state index contributed by atoms with van der Waals surface area (Å²) < 4.78 is 0. The molecule has 0 bridgehead atoms. The van der Waals surface area contributed by atoms with E-state index in [1.807, 2.05) is 12.1 Å². The maximum atomic E-state index is 11.2. The molecule has 2 heterocycles. The first-order valence-electron chi connectivity index (χ1n) is 7.05. The van der Waals surface area contributed by atoms with E-state index in [0.29, 0.717) is 5.41 Å². The maximum Gasteiger partial charge on any atom is 0.356 e. The highest BCUT2D eigenvalue weighted by atomic mass is 16.4. The first-order valence-corrected chi connectivity index (χ1v) is 7.05. The van der Waals surface area contributed by atoms with Crippen molar-refractivity contribution >= 4 is 11.7 Å². The number of aromatic carboxylic acids is 1. The molecule has 4 heteroatoms. The van der Waals surface area contributed by atoms with Gasteiger partial charge in [-0.05, 0) is 30.4 Å². The number of carboxylic acid groups (broad SMARTS) is 1. The second-order valence-electron chi connectivity index (χ2n) is 5.37. The molecule has 0 spiro atoms. The normalized spacial score (nSPS) is 18.3. The fourth-order valence-corrected chi connectivity index (χ4v) is 3.00. The maximum absolute atomic E-state index is 11.2. The topological polar surface area (TPSA) is 53.4 Å². The van der Waals surface area contributed by atoms with Crippen molar-refractivity contribution in [1.82, 2.24) is 4.98 Å². The average molecular weight is 262 g/mol. The van der Waals surface area contributed by atoms with Crippen molar-refractivity contribution in [3.05, 3.63) is 24.0 Å². The molecule has 1 aliphatic rings. The molecular formula is C15H22N2O2. The standard InChI is InChI=1S/C15H22N2O2/c1-3-15(4-2)7-10-17(11-8-15)12-6-5-9-16-13(12)14(18)19/h5-6,9H,3-4,7-8,10-11H2,1-2H3,(H,18,19). The number of carbonyl (C=O) groups is 1. The van der Waals surface area contributed by atoms with E-state index in [0.717, 1.165) is 31.6 Å². The van der Waals surface area contributed by atoms with Crippen LogP contribution in [0.2, 0.25) is 0 Å². The van der Waals surface area contributed by atoms with Gasteiger partial charge in [-0.1, -0.05) is 26.7 Å². The van der Waals surface area contributed by atoms with Crippen molar-refractivity contribution in [3.63, 3.8) is 0 Å². The quantitative estimate of drug-likeness (QED) is 0.905. The van der Waals surface area contributed by atoms with Gasteiger partial charge in [0.1, 0.15) is 0 Å². The lowest BCUT2D eigenvalue weighted by Gasteiger charge is -2.42. The van der Waals surface area contributed by atoms with Crippen molar-refractivity contribution in [3.8, 4) is 0 Å². The average Bonchev–Trinajstić information content (AvgIpc) is 2.47. The number of nitrogens with zero attached hydrogens (tertiary/aromatic N) is 2. The second kappa shape index (κ2) is 5.59. The molecule has 1 N–H and O–H groups in total. The number of piperidine rings is 1. The molecule has 104 valence electrons. The Labute approximate surface area is 114 Å². The third-order valence-corrected chi connectivity index (χ3v) is 4.65. The van der Waals surface area contributed by atoms with E-state index in [4.69, 9.17) is 0 Å². The third kappa shape index (κ3) is 2.72. The monoisotopic (exact) mass is 262 g/mol. The van der Waals surface area contributed by atoms with Crippen LogP contribution in [0.5, 0.6) is 0 Å². The Balaban J connectivity index is 2.16. The molecule has 1 aromatic rings. The summed E-state index contributed by atoms with van der Waals surface area (Å²) in [6.45, 7) is 6.36. The third-order valence-electron chi connectivity index (χ3n) is 4.65. The molecule has 0 unspecified atom stereocenters. The van der Waals surface area contributed by atoms with Gasteiger partial charge in [0.25, 0.3) is 0 Å². The fourth-order valence-electron chi connectivity index (χ4n) is 3.00. The van der Waals surface area contributed by atoms with Crippen molar-refractivity contribution in [2.45, 2.75) is 39.5 Å². The number of anilines is 1. The Morgan fingerprint density at radius 3 is 2.53 bits per heavy atom. The molecule has 2 rings (SSSR count). The van der Waals surface area contributed by atoms with Crippen LogP contribution in [0, 0.1) is 5.41 Å². The van der Waals surface area contributed by atoms with E-state index < -0.39 is 5.97 Å². The number of carboxylic acids is 1. The van der Waals surface area contributed by atoms with Gasteiger partial charge in [-0.2, -0.15) is 0 Å². The minimum atomic E-state index is -0.946. The van der Waals surface area contributed by atoms with Crippen LogP contribution in [-0.4, -0.2) is 29.1 Å². The van der Waals surface area contributed by atoms with Gasteiger partial charge in [0.15, 0.2) is 5.69 Å². The van der Waals surface area contributed by atoms with Gasteiger partial charge in [-0.15, -0.1) is 0 Å². The van der Waals surface area contributed by atoms with Gasteiger partial charge in [0.2, 0.25) is 0 Å². The summed E-state index contributed by atoms with van der Waals surface area (Å²) in [4.78, 5) is 17.4. The summed E-state index contributed by atoms with van der Waals surface area (Å²) in [5.74, 6) is -0.946. The van der Waals surface area contributed by atoms with Crippen molar-refractivity contribution < 1.29 is 9.90 Å². The second-order valence-corrected chi connectivity index (χ2v) is 5.37. The zero-order valence-electron chi connectivity index (χ0n) is 11.7. The van der Waals surface area contributed by atoms with E-state index in [1.54, 1.807) is 6.20 Å². The zero-order chi connectivity index (χ0) is 13.9. The van der Waals surface area contributed by atoms with E-state index in [1.165, 1.54) is 12.8 Å². The Hall–Kier alpha value is -1.58.